The van der Waals surface area contributed by atoms with Crippen molar-refractivity contribution >= 4 is 29.3 Å². The van der Waals surface area contributed by atoms with E-state index in [1.165, 1.54) is 0 Å². The molecule has 13 heteroatoms. The molecule has 7 nitrogen and oxygen atoms in total. The number of rotatable bonds is 3. The van der Waals surface area contributed by atoms with Gasteiger partial charge in [0.15, 0.2) is 0 Å². The van der Waals surface area contributed by atoms with Crippen molar-refractivity contribution in [2.45, 2.75) is 129 Å². The smallest absolute Gasteiger partial charge is 0.349 e. The zero-order chi connectivity index (χ0) is 42.2. The number of amides is 4. The minimum absolute atomic E-state index is 0.0279. The molecule has 4 unspecified atom stereocenters. The molecule has 6 fully saturated rings. The third-order valence-corrected chi connectivity index (χ3v) is 18.3. The lowest BCUT2D eigenvalue weighted by Crippen LogP contribution is -2.63. The summed E-state index contributed by atoms with van der Waals surface area (Å²) < 4.78 is 82.4. The van der Waals surface area contributed by atoms with Gasteiger partial charge in [-0.2, -0.15) is 26.3 Å². The largest absolute Gasteiger partial charge is 0.418 e. The third kappa shape index (κ3) is 6.02. The molecule has 4 amide bonds. The molecule has 1 aromatic rings. The molecule has 8 aliphatic rings. The van der Waals surface area contributed by atoms with Crippen molar-refractivity contribution in [3.05, 3.63) is 53.6 Å². The Morgan fingerprint density at radius 3 is 1.93 bits per heavy atom. The Hall–Kier alpha value is -3.64. The lowest BCUT2D eigenvalue weighted by molar-refractivity contribution is -0.164. The van der Waals surface area contributed by atoms with Crippen LogP contribution in [0.5, 0.6) is 0 Å². The molecule has 0 bridgehead atoms. The molecule has 2 aliphatic heterocycles. The van der Waals surface area contributed by atoms with Crippen LogP contribution in [0, 0.1) is 69.0 Å². The van der Waals surface area contributed by atoms with Gasteiger partial charge in [0.2, 0.25) is 17.7 Å². The summed E-state index contributed by atoms with van der Waals surface area (Å²) >= 11 is 0. The number of carbonyl (C=O) groups excluding carboxylic acids is 4. The van der Waals surface area contributed by atoms with Crippen LogP contribution in [-0.2, 0) is 31.5 Å². The minimum atomic E-state index is -4.96. The summed E-state index contributed by atoms with van der Waals surface area (Å²) in [4.78, 5) is 56.7. The van der Waals surface area contributed by atoms with Crippen molar-refractivity contribution in [2.24, 2.45) is 69.0 Å². The molecule has 0 aromatic heterocycles. The first-order valence-electron chi connectivity index (χ1n) is 21.8. The van der Waals surface area contributed by atoms with Crippen LogP contribution in [0.25, 0.3) is 0 Å². The standard InChI is InChI=1S/C46H55F6N3O4/c1-41-19-16-30-26(27(41)9-11-32(41)39(58)53-34-23-24(45(47,48)49)5-8-31(34)46(50,51)52)7-14-36-44(30,4)22-18-38(57)55(36)40(59)33-12-10-28-25-6-13-35-43(3,21-17-37(56)54-35)29(25)15-20-42(28,33)2/h5,8,17-18,21-23,25-30,32-33,35-36H,6-7,9-16,19-20H2,1-4H3,(H,53,58)(H,54,56)/t25-,26-,27?,28?,29?,30?,32+,33-,35+,36+,41-,42-,43+,44+/m0/s1. The van der Waals surface area contributed by atoms with Gasteiger partial charge in [-0.3, -0.25) is 24.1 Å². The molecule has 9 rings (SSSR count). The Morgan fingerprint density at radius 1 is 0.695 bits per heavy atom. The molecule has 320 valence electrons. The van der Waals surface area contributed by atoms with Crippen LogP contribution < -0.4 is 10.6 Å². The number of halogens is 6. The lowest BCUT2D eigenvalue weighted by Gasteiger charge is -2.61. The summed E-state index contributed by atoms with van der Waals surface area (Å²) in [7, 11) is 0. The number of nitrogens with one attached hydrogen (secondary N) is 2. The number of carbonyl (C=O) groups is 4. The predicted octanol–water partition coefficient (Wildman–Crippen LogP) is 9.73. The fourth-order valence-corrected chi connectivity index (χ4v) is 15.4. The van der Waals surface area contributed by atoms with Gasteiger partial charge in [0.05, 0.1) is 16.8 Å². The van der Waals surface area contributed by atoms with E-state index in [1.807, 2.05) is 13.0 Å². The predicted molar refractivity (Wildman–Crippen MR) is 207 cm³/mol. The van der Waals surface area contributed by atoms with E-state index < -0.39 is 51.8 Å². The third-order valence-electron chi connectivity index (χ3n) is 18.3. The normalized spacial score (nSPS) is 43.7. The highest BCUT2D eigenvalue weighted by Gasteiger charge is 2.65. The highest BCUT2D eigenvalue weighted by Crippen LogP contribution is 2.68. The Morgan fingerprint density at radius 2 is 1.29 bits per heavy atom. The average Bonchev–Trinajstić information content (AvgIpc) is 3.71. The van der Waals surface area contributed by atoms with E-state index in [2.05, 4.69) is 37.5 Å². The molecule has 2 heterocycles. The zero-order valence-electron chi connectivity index (χ0n) is 34.1. The van der Waals surface area contributed by atoms with Crippen LogP contribution in [0.4, 0.5) is 32.0 Å². The van der Waals surface area contributed by atoms with Gasteiger partial charge in [-0.15, -0.1) is 0 Å². The summed E-state index contributed by atoms with van der Waals surface area (Å²) in [6, 6.07) is 0.929. The van der Waals surface area contributed by atoms with Crippen molar-refractivity contribution in [1.29, 1.82) is 0 Å². The summed E-state index contributed by atoms with van der Waals surface area (Å²) in [5, 5.41) is 5.50. The maximum Gasteiger partial charge on any atom is 0.418 e. The molecule has 1 aromatic carbocycles. The van der Waals surface area contributed by atoms with Crippen molar-refractivity contribution in [2.75, 3.05) is 5.32 Å². The van der Waals surface area contributed by atoms with Gasteiger partial charge in [0.25, 0.3) is 5.91 Å². The van der Waals surface area contributed by atoms with Crippen molar-refractivity contribution in [3.63, 3.8) is 0 Å². The molecule has 6 saturated carbocycles. The Balaban J connectivity index is 0.925. The molecule has 0 saturated heterocycles. The number of hydrogen-bond donors (Lipinski definition) is 2. The monoisotopic (exact) mass is 827 g/mol. The molecular weight excluding hydrogens is 773 g/mol. The minimum Gasteiger partial charge on any atom is -0.349 e. The first-order chi connectivity index (χ1) is 27.6. The number of nitrogens with zero attached hydrogens (tertiary/aromatic N) is 1. The summed E-state index contributed by atoms with van der Waals surface area (Å²) in [5.41, 5.74) is -4.92. The van der Waals surface area contributed by atoms with E-state index in [0.717, 1.165) is 44.9 Å². The highest BCUT2D eigenvalue weighted by atomic mass is 19.4. The van der Waals surface area contributed by atoms with E-state index in [9.17, 15) is 40.7 Å². The Kier molecular flexibility index (Phi) is 9.27. The molecule has 0 spiro atoms. The van der Waals surface area contributed by atoms with E-state index in [4.69, 9.17) is 0 Å². The average molecular weight is 828 g/mol. The summed E-state index contributed by atoms with van der Waals surface area (Å²) in [6.45, 7) is 8.72. The molecular formula is C46H55F6N3O4. The number of fused-ring (bicyclic) bond motifs is 10. The first kappa shape index (κ1) is 40.7. The van der Waals surface area contributed by atoms with Crippen LogP contribution in [0.3, 0.4) is 0 Å². The van der Waals surface area contributed by atoms with Crippen LogP contribution in [-0.4, -0.2) is 40.6 Å². The fourth-order valence-electron chi connectivity index (χ4n) is 15.4. The van der Waals surface area contributed by atoms with E-state index >= 15 is 4.79 Å². The quantitative estimate of drug-likeness (QED) is 0.235. The van der Waals surface area contributed by atoms with Gasteiger partial charge in [-0.05, 0) is 148 Å². The zero-order valence-corrected chi connectivity index (χ0v) is 34.1. The highest BCUT2D eigenvalue weighted by molar-refractivity contribution is 6.03. The van der Waals surface area contributed by atoms with Gasteiger partial charge in [-0.1, -0.05) is 39.8 Å². The molecule has 6 aliphatic carbocycles. The van der Waals surface area contributed by atoms with E-state index in [-0.39, 0.29) is 64.3 Å². The summed E-state index contributed by atoms with van der Waals surface area (Å²) in [6.07, 6.45) is 6.71. The number of imide groups is 1. The van der Waals surface area contributed by atoms with Gasteiger partial charge >= 0.3 is 12.4 Å². The first-order valence-corrected chi connectivity index (χ1v) is 21.8. The molecule has 14 atom stereocenters. The molecule has 0 radical (unpaired) electrons. The van der Waals surface area contributed by atoms with Crippen molar-refractivity contribution in [1.82, 2.24) is 10.2 Å². The van der Waals surface area contributed by atoms with E-state index in [1.54, 1.807) is 17.1 Å². The van der Waals surface area contributed by atoms with Crippen LogP contribution in [0.15, 0.2) is 42.5 Å². The number of alkyl halides is 6. The number of anilines is 1. The van der Waals surface area contributed by atoms with Gasteiger partial charge < -0.3 is 10.6 Å². The van der Waals surface area contributed by atoms with Crippen molar-refractivity contribution in [3.8, 4) is 0 Å². The van der Waals surface area contributed by atoms with Gasteiger partial charge in [-0.25, -0.2) is 0 Å². The maximum absolute atomic E-state index is 15.0. The molecule has 59 heavy (non-hydrogen) atoms. The molecule has 2 N–H and O–H groups in total. The van der Waals surface area contributed by atoms with Gasteiger partial charge in [0.1, 0.15) is 0 Å². The fraction of sp³-hybridized carbons (Fsp3) is 0.696. The Bertz CT molecular complexity index is 2030. The second-order valence-corrected chi connectivity index (χ2v) is 20.5. The van der Waals surface area contributed by atoms with Gasteiger partial charge in [0, 0.05) is 40.8 Å². The van der Waals surface area contributed by atoms with Crippen LogP contribution >= 0.6 is 0 Å². The van der Waals surface area contributed by atoms with Crippen LogP contribution in [0.1, 0.15) is 116 Å². The topological polar surface area (TPSA) is 95.6 Å². The summed E-state index contributed by atoms with van der Waals surface area (Å²) in [5.74, 6) is -0.508. The second kappa shape index (κ2) is 13.4. The maximum atomic E-state index is 15.0. The van der Waals surface area contributed by atoms with Crippen LogP contribution in [0.2, 0.25) is 0 Å². The number of benzene rings is 1. The number of hydrogen-bond acceptors (Lipinski definition) is 4. The second-order valence-electron chi connectivity index (χ2n) is 20.5. The lowest BCUT2D eigenvalue weighted by atomic mass is 9.47. The Labute approximate surface area is 341 Å². The van der Waals surface area contributed by atoms with E-state index in [0.29, 0.717) is 68.1 Å². The van der Waals surface area contributed by atoms with Crippen molar-refractivity contribution < 1.29 is 45.5 Å². The SMILES string of the molecule is C[C@]12CCC3[C@@H](CC[C@H]4N(C(=O)[C@@H]5CCC6[C@@H]7CC[C@H]8NC(=O)C=C[C@]8(C)C7CC[C@@]65C)C(=O)C=C[C@]34C)C1CC[C@@H]2C(=O)Nc1cc(C(F)(F)F)ccc1C(F)(F)F.